The van der Waals surface area contributed by atoms with Gasteiger partial charge in [-0.1, -0.05) is 82.3 Å². The van der Waals surface area contributed by atoms with Crippen molar-refractivity contribution in [3.63, 3.8) is 0 Å². The van der Waals surface area contributed by atoms with Crippen molar-refractivity contribution >= 4 is 39.8 Å². The van der Waals surface area contributed by atoms with Crippen LogP contribution in [-0.4, -0.2) is 0 Å². The summed E-state index contributed by atoms with van der Waals surface area (Å²) >= 11 is 5.41. The van der Waals surface area contributed by atoms with Crippen LogP contribution in [0.4, 0.5) is 0 Å². The van der Waals surface area contributed by atoms with E-state index in [1.165, 1.54) is 32.0 Å². The number of benzene rings is 3. The SMILES string of the molecule is Brc1cccc(-c2cccc3c2C=Cc2ccccc2S3)c1. The highest BCUT2D eigenvalue weighted by Gasteiger charge is 2.13. The maximum absolute atomic E-state index is 3.57. The summed E-state index contributed by atoms with van der Waals surface area (Å²) in [5, 5.41) is 0. The molecular weight excluding hydrogens is 352 g/mol. The zero-order chi connectivity index (χ0) is 14.9. The zero-order valence-corrected chi connectivity index (χ0v) is 14.2. The highest BCUT2D eigenvalue weighted by Crippen LogP contribution is 2.41. The summed E-state index contributed by atoms with van der Waals surface area (Å²) < 4.78 is 1.11. The van der Waals surface area contributed by atoms with Crippen LogP contribution in [0.25, 0.3) is 23.3 Å². The largest absolute Gasteiger partial charge is 0.0888 e. The van der Waals surface area contributed by atoms with Gasteiger partial charge in [0.2, 0.25) is 0 Å². The van der Waals surface area contributed by atoms with E-state index in [0.717, 1.165) is 4.47 Å². The molecule has 4 rings (SSSR count). The molecule has 106 valence electrons. The molecule has 0 aliphatic carbocycles. The summed E-state index contributed by atoms with van der Waals surface area (Å²) in [7, 11) is 0. The third-order valence-corrected chi connectivity index (χ3v) is 5.43. The molecule has 1 aliphatic heterocycles. The summed E-state index contributed by atoms with van der Waals surface area (Å²) in [6.45, 7) is 0. The smallest absolute Gasteiger partial charge is 0.0201 e. The molecule has 0 saturated heterocycles. The lowest BCUT2D eigenvalue weighted by molar-refractivity contribution is 1.38. The maximum atomic E-state index is 3.57. The van der Waals surface area contributed by atoms with E-state index in [9.17, 15) is 0 Å². The predicted molar refractivity (Wildman–Crippen MR) is 99.1 cm³/mol. The van der Waals surface area contributed by atoms with Crippen LogP contribution in [0.5, 0.6) is 0 Å². The van der Waals surface area contributed by atoms with Crippen LogP contribution in [0.3, 0.4) is 0 Å². The van der Waals surface area contributed by atoms with E-state index in [2.05, 4.69) is 94.8 Å². The quantitative estimate of drug-likeness (QED) is 0.359. The van der Waals surface area contributed by atoms with E-state index in [4.69, 9.17) is 0 Å². The van der Waals surface area contributed by atoms with E-state index in [-0.39, 0.29) is 0 Å². The Kier molecular flexibility index (Phi) is 3.65. The zero-order valence-electron chi connectivity index (χ0n) is 11.8. The normalized spacial score (nSPS) is 12.4. The Morgan fingerprint density at radius 1 is 0.727 bits per heavy atom. The number of halogens is 1. The molecule has 0 nitrogen and oxygen atoms in total. The van der Waals surface area contributed by atoms with Gasteiger partial charge in [-0.25, -0.2) is 0 Å². The molecule has 0 atom stereocenters. The third-order valence-electron chi connectivity index (χ3n) is 3.77. The average Bonchev–Trinajstić information content (AvgIpc) is 2.73. The number of fused-ring (bicyclic) bond motifs is 2. The van der Waals surface area contributed by atoms with Gasteiger partial charge in [0, 0.05) is 14.3 Å². The Morgan fingerprint density at radius 3 is 2.45 bits per heavy atom. The molecule has 0 radical (unpaired) electrons. The average molecular weight is 365 g/mol. The molecule has 2 heteroatoms. The fourth-order valence-corrected chi connectivity index (χ4v) is 4.19. The molecule has 0 spiro atoms. The molecule has 1 aliphatic rings. The van der Waals surface area contributed by atoms with Gasteiger partial charge >= 0.3 is 0 Å². The van der Waals surface area contributed by atoms with Crippen LogP contribution in [0.1, 0.15) is 11.1 Å². The van der Waals surface area contributed by atoms with Crippen molar-refractivity contribution in [3.8, 4) is 11.1 Å². The van der Waals surface area contributed by atoms with Crippen molar-refractivity contribution < 1.29 is 0 Å². The van der Waals surface area contributed by atoms with Crippen molar-refractivity contribution in [1.82, 2.24) is 0 Å². The summed E-state index contributed by atoms with van der Waals surface area (Å²) in [4.78, 5) is 2.61. The van der Waals surface area contributed by atoms with Gasteiger partial charge in [0.1, 0.15) is 0 Å². The molecule has 3 aromatic carbocycles. The van der Waals surface area contributed by atoms with Gasteiger partial charge in [-0.2, -0.15) is 0 Å². The Hall–Kier alpha value is -1.77. The monoisotopic (exact) mass is 364 g/mol. The Bertz CT molecular complexity index is 880. The second-order valence-corrected chi connectivity index (χ2v) is 7.20. The number of hydrogen-bond donors (Lipinski definition) is 0. The Labute approximate surface area is 143 Å². The van der Waals surface area contributed by atoms with Gasteiger partial charge in [-0.3, -0.25) is 0 Å². The van der Waals surface area contributed by atoms with Gasteiger partial charge in [-0.05, 0) is 46.5 Å². The van der Waals surface area contributed by atoms with E-state index in [1.807, 2.05) is 11.8 Å². The first-order valence-corrected chi connectivity index (χ1v) is 8.76. The topological polar surface area (TPSA) is 0 Å². The van der Waals surface area contributed by atoms with Crippen molar-refractivity contribution in [2.75, 3.05) is 0 Å². The lowest BCUT2D eigenvalue weighted by atomic mass is 9.99. The Balaban J connectivity index is 1.90. The van der Waals surface area contributed by atoms with Crippen LogP contribution in [0.2, 0.25) is 0 Å². The van der Waals surface area contributed by atoms with E-state index >= 15 is 0 Å². The lowest BCUT2D eigenvalue weighted by Gasteiger charge is -2.11. The van der Waals surface area contributed by atoms with Crippen molar-refractivity contribution in [2.45, 2.75) is 9.79 Å². The van der Waals surface area contributed by atoms with Gasteiger partial charge in [0.25, 0.3) is 0 Å². The van der Waals surface area contributed by atoms with Gasteiger partial charge in [0.15, 0.2) is 0 Å². The second kappa shape index (κ2) is 5.79. The minimum atomic E-state index is 1.11. The second-order valence-electron chi connectivity index (χ2n) is 5.20. The first-order valence-electron chi connectivity index (χ1n) is 7.15. The molecule has 0 aromatic heterocycles. The van der Waals surface area contributed by atoms with Crippen molar-refractivity contribution in [2.24, 2.45) is 0 Å². The maximum Gasteiger partial charge on any atom is 0.0201 e. The van der Waals surface area contributed by atoms with Crippen LogP contribution in [0.15, 0.2) is 81.0 Å². The highest BCUT2D eigenvalue weighted by molar-refractivity contribution is 9.10. The van der Waals surface area contributed by atoms with Gasteiger partial charge < -0.3 is 0 Å². The summed E-state index contributed by atoms with van der Waals surface area (Å²) in [6, 6.07) is 23.6. The molecule has 0 N–H and O–H groups in total. The first kappa shape index (κ1) is 13.9. The van der Waals surface area contributed by atoms with Gasteiger partial charge in [-0.15, -0.1) is 0 Å². The fraction of sp³-hybridized carbons (Fsp3) is 0. The highest BCUT2D eigenvalue weighted by atomic mass is 79.9. The molecule has 0 bridgehead atoms. The standard InChI is InChI=1S/C20H13BrS/c21-16-7-3-6-15(13-16)17-8-4-10-20-18(17)12-11-14-5-1-2-9-19(14)22-20/h1-13H. The first-order chi connectivity index (χ1) is 10.8. The molecule has 3 aromatic rings. The Morgan fingerprint density at radius 2 is 1.55 bits per heavy atom. The number of hydrogen-bond acceptors (Lipinski definition) is 1. The minimum absolute atomic E-state index is 1.11. The third kappa shape index (κ3) is 2.53. The van der Waals surface area contributed by atoms with E-state index in [1.54, 1.807) is 0 Å². The number of rotatable bonds is 1. The van der Waals surface area contributed by atoms with Crippen LogP contribution >= 0.6 is 27.7 Å². The molecule has 0 amide bonds. The van der Waals surface area contributed by atoms with Crippen molar-refractivity contribution in [3.05, 3.63) is 82.3 Å². The van der Waals surface area contributed by atoms with Gasteiger partial charge in [0.05, 0.1) is 0 Å². The summed E-state index contributed by atoms with van der Waals surface area (Å²) in [5.74, 6) is 0. The minimum Gasteiger partial charge on any atom is -0.0888 e. The molecular formula is C20H13BrS. The summed E-state index contributed by atoms with van der Waals surface area (Å²) in [6.07, 6.45) is 4.46. The van der Waals surface area contributed by atoms with Crippen LogP contribution in [0, 0.1) is 0 Å². The molecule has 22 heavy (non-hydrogen) atoms. The van der Waals surface area contributed by atoms with E-state index in [0.29, 0.717) is 0 Å². The van der Waals surface area contributed by atoms with Crippen molar-refractivity contribution in [1.29, 1.82) is 0 Å². The fourth-order valence-electron chi connectivity index (χ4n) is 2.72. The molecule has 0 unspecified atom stereocenters. The lowest BCUT2D eigenvalue weighted by Crippen LogP contribution is -1.86. The van der Waals surface area contributed by atoms with Crippen LogP contribution in [-0.2, 0) is 0 Å². The van der Waals surface area contributed by atoms with E-state index < -0.39 is 0 Å². The predicted octanol–water partition coefficient (Wildman–Crippen LogP) is 6.75. The molecule has 1 heterocycles. The summed E-state index contributed by atoms with van der Waals surface area (Å²) in [5.41, 5.74) is 5.09. The molecule has 0 saturated carbocycles. The molecule has 0 fully saturated rings. The van der Waals surface area contributed by atoms with Crippen LogP contribution < -0.4 is 0 Å².